The summed E-state index contributed by atoms with van der Waals surface area (Å²) in [7, 11) is 0. The first kappa shape index (κ1) is 13.9. The Labute approximate surface area is 139 Å². The highest BCUT2D eigenvalue weighted by molar-refractivity contribution is 7.13. The van der Waals surface area contributed by atoms with E-state index in [0.29, 0.717) is 0 Å². The molecule has 4 aromatic rings. The van der Waals surface area contributed by atoms with E-state index in [0.717, 1.165) is 22.0 Å². The number of hydrogen-bond acceptors (Lipinski definition) is 3. The van der Waals surface area contributed by atoms with Crippen molar-refractivity contribution in [3.8, 4) is 33.1 Å². The summed E-state index contributed by atoms with van der Waals surface area (Å²) in [4.78, 5) is 9.07. The highest BCUT2D eigenvalue weighted by atomic mass is 32.1. The van der Waals surface area contributed by atoms with Crippen LogP contribution in [0.2, 0.25) is 0 Å². The number of benzene rings is 2. The lowest BCUT2D eigenvalue weighted by Gasteiger charge is -2.02. The van der Waals surface area contributed by atoms with Crippen LogP contribution >= 0.6 is 11.3 Å². The molecule has 2 aromatic carbocycles. The molecule has 2 heterocycles. The van der Waals surface area contributed by atoms with E-state index in [1.54, 1.807) is 17.5 Å². The number of hydrogen-bond donors (Lipinski definition) is 0. The van der Waals surface area contributed by atoms with E-state index in [2.05, 4.69) is 58.9 Å². The van der Waals surface area contributed by atoms with E-state index >= 15 is 0 Å². The molecule has 2 aromatic heterocycles. The molecule has 0 aliphatic rings. The predicted molar refractivity (Wildman–Crippen MR) is 96.2 cm³/mol. The Morgan fingerprint density at radius 1 is 0.609 bits per heavy atom. The Balaban J connectivity index is 1.63. The maximum Gasteiger partial charge on any atom is 0.142 e. The molecule has 0 saturated carbocycles. The van der Waals surface area contributed by atoms with E-state index in [9.17, 15) is 0 Å². The van der Waals surface area contributed by atoms with E-state index in [1.165, 1.54) is 11.1 Å². The Morgan fingerprint density at radius 2 is 1.30 bits per heavy atom. The zero-order valence-corrected chi connectivity index (χ0v) is 13.2. The standard InChI is InChI=1S/C20H14N2S/c1-2-6-15(7-3-1)16-9-11-17(12-10-16)19-14-23-20(22-19)18-8-4-5-13-21-18/h1-14H. The van der Waals surface area contributed by atoms with Crippen LogP contribution in [-0.4, -0.2) is 9.97 Å². The van der Waals surface area contributed by atoms with Crippen LogP contribution in [0, 0.1) is 0 Å². The molecule has 0 saturated heterocycles. The van der Waals surface area contributed by atoms with Gasteiger partial charge in [-0.3, -0.25) is 4.98 Å². The van der Waals surface area contributed by atoms with Crippen molar-refractivity contribution in [2.75, 3.05) is 0 Å². The van der Waals surface area contributed by atoms with Crippen molar-refractivity contribution in [2.45, 2.75) is 0 Å². The molecule has 3 heteroatoms. The van der Waals surface area contributed by atoms with Gasteiger partial charge < -0.3 is 0 Å². The average molecular weight is 314 g/mol. The molecular weight excluding hydrogens is 300 g/mol. The van der Waals surface area contributed by atoms with E-state index in [4.69, 9.17) is 4.98 Å². The molecule has 4 rings (SSSR count). The third-order valence-corrected chi connectivity index (χ3v) is 4.54. The highest BCUT2D eigenvalue weighted by Gasteiger charge is 2.07. The molecule has 0 amide bonds. The fraction of sp³-hybridized carbons (Fsp3) is 0. The Morgan fingerprint density at radius 3 is 2.04 bits per heavy atom. The van der Waals surface area contributed by atoms with Gasteiger partial charge >= 0.3 is 0 Å². The van der Waals surface area contributed by atoms with Crippen LogP contribution in [0.25, 0.3) is 33.1 Å². The van der Waals surface area contributed by atoms with Crippen LogP contribution in [-0.2, 0) is 0 Å². The Kier molecular flexibility index (Phi) is 3.70. The van der Waals surface area contributed by atoms with Crippen molar-refractivity contribution in [1.82, 2.24) is 9.97 Å². The normalized spacial score (nSPS) is 10.6. The molecule has 0 aliphatic carbocycles. The third-order valence-electron chi connectivity index (χ3n) is 3.68. The first-order valence-electron chi connectivity index (χ1n) is 7.43. The fourth-order valence-electron chi connectivity index (χ4n) is 2.48. The second-order valence-corrected chi connectivity index (χ2v) is 6.05. The summed E-state index contributed by atoms with van der Waals surface area (Å²) >= 11 is 1.62. The van der Waals surface area contributed by atoms with Crippen LogP contribution in [0.3, 0.4) is 0 Å². The summed E-state index contributed by atoms with van der Waals surface area (Å²) in [6.45, 7) is 0. The van der Waals surface area contributed by atoms with Gasteiger partial charge in [0, 0.05) is 17.1 Å². The molecule has 0 atom stereocenters. The summed E-state index contributed by atoms with van der Waals surface area (Å²) in [5, 5.41) is 3.04. The third kappa shape index (κ3) is 2.91. The zero-order chi connectivity index (χ0) is 15.5. The zero-order valence-electron chi connectivity index (χ0n) is 12.4. The van der Waals surface area contributed by atoms with Crippen molar-refractivity contribution in [3.63, 3.8) is 0 Å². The maximum atomic E-state index is 4.71. The monoisotopic (exact) mass is 314 g/mol. The molecule has 110 valence electrons. The van der Waals surface area contributed by atoms with Crippen LogP contribution in [0.5, 0.6) is 0 Å². The molecule has 0 N–H and O–H groups in total. The van der Waals surface area contributed by atoms with Gasteiger partial charge in [-0.15, -0.1) is 11.3 Å². The van der Waals surface area contributed by atoms with Crippen molar-refractivity contribution < 1.29 is 0 Å². The predicted octanol–water partition coefficient (Wildman–Crippen LogP) is 5.54. The lowest BCUT2D eigenvalue weighted by molar-refractivity contribution is 1.29. The second-order valence-electron chi connectivity index (χ2n) is 5.20. The molecule has 0 fully saturated rings. The SMILES string of the molecule is c1ccc(-c2ccc(-c3csc(-c4ccccn4)n3)cc2)cc1. The largest absolute Gasteiger partial charge is 0.254 e. The maximum absolute atomic E-state index is 4.71. The van der Waals surface area contributed by atoms with Crippen LogP contribution in [0.1, 0.15) is 0 Å². The lowest BCUT2D eigenvalue weighted by atomic mass is 10.0. The van der Waals surface area contributed by atoms with Gasteiger partial charge in [-0.1, -0.05) is 60.7 Å². The van der Waals surface area contributed by atoms with Crippen molar-refractivity contribution in [1.29, 1.82) is 0 Å². The highest BCUT2D eigenvalue weighted by Crippen LogP contribution is 2.29. The molecule has 2 nitrogen and oxygen atoms in total. The Bertz CT molecular complexity index is 897. The van der Waals surface area contributed by atoms with Crippen molar-refractivity contribution in [3.05, 3.63) is 84.4 Å². The molecule has 0 bridgehead atoms. The molecule has 0 unspecified atom stereocenters. The topological polar surface area (TPSA) is 25.8 Å². The van der Waals surface area contributed by atoms with Gasteiger partial charge in [0.25, 0.3) is 0 Å². The van der Waals surface area contributed by atoms with Crippen molar-refractivity contribution >= 4 is 11.3 Å². The summed E-state index contributed by atoms with van der Waals surface area (Å²) < 4.78 is 0. The van der Waals surface area contributed by atoms with Gasteiger partial charge in [0.2, 0.25) is 0 Å². The minimum Gasteiger partial charge on any atom is -0.254 e. The summed E-state index contributed by atoms with van der Waals surface area (Å²) in [5.41, 5.74) is 5.49. The summed E-state index contributed by atoms with van der Waals surface area (Å²) in [6, 6.07) is 24.8. The molecular formula is C20H14N2S. The molecule has 0 spiro atoms. The average Bonchev–Trinajstić information content (AvgIpc) is 3.14. The summed E-state index contributed by atoms with van der Waals surface area (Å²) in [6.07, 6.45) is 1.80. The number of pyridine rings is 1. The molecule has 0 aliphatic heterocycles. The van der Waals surface area contributed by atoms with Crippen LogP contribution < -0.4 is 0 Å². The van der Waals surface area contributed by atoms with Gasteiger partial charge in [-0.25, -0.2) is 4.98 Å². The molecule has 23 heavy (non-hydrogen) atoms. The fourth-order valence-corrected chi connectivity index (χ4v) is 3.28. The number of nitrogens with zero attached hydrogens (tertiary/aromatic N) is 2. The first-order valence-corrected chi connectivity index (χ1v) is 8.31. The van der Waals surface area contributed by atoms with Gasteiger partial charge in [-0.2, -0.15) is 0 Å². The van der Waals surface area contributed by atoms with Crippen LogP contribution in [0.4, 0.5) is 0 Å². The number of thiazole rings is 1. The lowest BCUT2D eigenvalue weighted by Crippen LogP contribution is -1.83. The quantitative estimate of drug-likeness (QED) is 0.496. The van der Waals surface area contributed by atoms with Gasteiger partial charge in [0.1, 0.15) is 5.01 Å². The number of aromatic nitrogens is 2. The van der Waals surface area contributed by atoms with Gasteiger partial charge in [0.05, 0.1) is 11.4 Å². The van der Waals surface area contributed by atoms with Crippen molar-refractivity contribution in [2.24, 2.45) is 0 Å². The number of rotatable bonds is 3. The first-order chi connectivity index (χ1) is 11.4. The van der Waals surface area contributed by atoms with Crippen LogP contribution in [0.15, 0.2) is 84.4 Å². The second kappa shape index (κ2) is 6.15. The smallest absolute Gasteiger partial charge is 0.142 e. The van der Waals surface area contributed by atoms with E-state index < -0.39 is 0 Å². The summed E-state index contributed by atoms with van der Waals surface area (Å²) in [5.74, 6) is 0. The van der Waals surface area contributed by atoms with E-state index in [1.807, 2.05) is 24.3 Å². The van der Waals surface area contributed by atoms with Gasteiger partial charge in [-0.05, 0) is 23.3 Å². The Hall–Kier alpha value is -2.78. The minimum absolute atomic E-state index is 0.921. The van der Waals surface area contributed by atoms with E-state index in [-0.39, 0.29) is 0 Å². The molecule has 0 radical (unpaired) electrons. The minimum atomic E-state index is 0.921. The van der Waals surface area contributed by atoms with Gasteiger partial charge in [0.15, 0.2) is 0 Å².